The molecule has 3 heteroatoms. The van der Waals surface area contributed by atoms with Crippen LogP contribution in [0.5, 0.6) is 11.5 Å². The number of rotatable bonds is 6. The Balaban J connectivity index is 2.88. The Morgan fingerprint density at radius 1 is 1.38 bits per heavy atom. The number of nitrogens with two attached hydrogens (primary N) is 1. The van der Waals surface area contributed by atoms with Crippen LogP contribution in [0.2, 0.25) is 0 Å². The normalized spacial score (nSPS) is 12.2. The zero-order valence-corrected chi connectivity index (χ0v) is 10.3. The molecule has 0 bridgehead atoms. The first-order valence-corrected chi connectivity index (χ1v) is 5.74. The highest BCUT2D eigenvalue weighted by atomic mass is 16.5. The summed E-state index contributed by atoms with van der Waals surface area (Å²) in [7, 11) is 1.66. The smallest absolute Gasteiger partial charge is 0.123 e. The second-order valence-corrected chi connectivity index (χ2v) is 3.85. The third-order valence-corrected chi connectivity index (χ3v) is 2.58. The van der Waals surface area contributed by atoms with Crippen LogP contribution in [0.25, 0.3) is 0 Å². The standard InChI is InChI=1S/C13H21NO2/c1-4-10(2)16-13-6-5-12(15-3)9-11(13)7-8-14/h5-6,9-10H,4,7-8,14H2,1-3H3. The first kappa shape index (κ1) is 12.8. The highest BCUT2D eigenvalue weighted by Crippen LogP contribution is 2.25. The number of methoxy groups -OCH3 is 1. The van der Waals surface area contributed by atoms with Crippen molar-refractivity contribution in [2.24, 2.45) is 5.73 Å². The predicted molar refractivity (Wildman–Crippen MR) is 66.1 cm³/mol. The molecule has 90 valence electrons. The molecule has 16 heavy (non-hydrogen) atoms. The minimum Gasteiger partial charge on any atom is -0.497 e. The highest BCUT2D eigenvalue weighted by molar-refractivity contribution is 5.40. The van der Waals surface area contributed by atoms with E-state index >= 15 is 0 Å². The van der Waals surface area contributed by atoms with Gasteiger partial charge in [-0.3, -0.25) is 0 Å². The van der Waals surface area contributed by atoms with Gasteiger partial charge < -0.3 is 15.2 Å². The van der Waals surface area contributed by atoms with Crippen molar-refractivity contribution in [3.05, 3.63) is 23.8 Å². The maximum Gasteiger partial charge on any atom is 0.123 e. The minimum atomic E-state index is 0.227. The number of benzene rings is 1. The van der Waals surface area contributed by atoms with Crippen LogP contribution in [0.15, 0.2) is 18.2 Å². The predicted octanol–water partition coefficient (Wildman–Crippen LogP) is 2.37. The molecule has 1 aromatic carbocycles. The van der Waals surface area contributed by atoms with E-state index in [0.717, 1.165) is 29.9 Å². The molecule has 0 aromatic heterocycles. The van der Waals surface area contributed by atoms with E-state index in [2.05, 4.69) is 13.8 Å². The van der Waals surface area contributed by atoms with Crippen LogP contribution < -0.4 is 15.2 Å². The van der Waals surface area contributed by atoms with Gasteiger partial charge in [-0.25, -0.2) is 0 Å². The lowest BCUT2D eigenvalue weighted by molar-refractivity contribution is 0.215. The van der Waals surface area contributed by atoms with E-state index in [1.54, 1.807) is 7.11 Å². The van der Waals surface area contributed by atoms with Gasteiger partial charge in [-0.2, -0.15) is 0 Å². The van der Waals surface area contributed by atoms with Crippen molar-refractivity contribution in [3.63, 3.8) is 0 Å². The van der Waals surface area contributed by atoms with Gasteiger partial charge in [0.25, 0.3) is 0 Å². The third kappa shape index (κ3) is 3.42. The van der Waals surface area contributed by atoms with E-state index < -0.39 is 0 Å². The summed E-state index contributed by atoms with van der Waals surface area (Å²) in [6.45, 7) is 4.79. The SMILES string of the molecule is CCC(C)Oc1ccc(OC)cc1CCN. The zero-order valence-electron chi connectivity index (χ0n) is 10.3. The summed E-state index contributed by atoms with van der Waals surface area (Å²) in [5.41, 5.74) is 6.70. The molecular formula is C13H21NO2. The average molecular weight is 223 g/mol. The van der Waals surface area contributed by atoms with E-state index in [1.165, 1.54) is 0 Å². The lowest BCUT2D eigenvalue weighted by Crippen LogP contribution is -2.12. The van der Waals surface area contributed by atoms with Crippen molar-refractivity contribution < 1.29 is 9.47 Å². The minimum absolute atomic E-state index is 0.227. The summed E-state index contributed by atoms with van der Waals surface area (Å²) < 4.78 is 11.0. The van der Waals surface area contributed by atoms with Crippen LogP contribution in [0.3, 0.4) is 0 Å². The molecule has 0 spiro atoms. The first-order chi connectivity index (χ1) is 7.71. The quantitative estimate of drug-likeness (QED) is 0.805. The van der Waals surface area contributed by atoms with Gasteiger partial charge in [0.05, 0.1) is 13.2 Å². The molecule has 1 atom stereocenters. The van der Waals surface area contributed by atoms with Crippen LogP contribution in [-0.4, -0.2) is 19.8 Å². The molecule has 0 radical (unpaired) electrons. The fourth-order valence-corrected chi connectivity index (χ4v) is 1.45. The Morgan fingerprint density at radius 3 is 2.69 bits per heavy atom. The molecule has 0 aliphatic carbocycles. The van der Waals surface area contributed by atoms with Crippen LogP contribution in [-0.2, 0) is 6.42 Å². The average Bonchev–Trinajstić information content (AvgIpc) is 2.31. The molecule has 0 aliphatic heterocycles. The maximum atomic E-state index is 5.84. The largest absolute Gasteiger partial charge is 0.497 e. The van der Waals surface area contributed by atoms with E-state index in [1.807, 2.05) is 18.2 Å². The lowest BCUT2D eigenvalue weighted by atomic mass is 10.1. The van der Waals surface area contributed by atoms with Gasteiger partial charge in [0.1, 0.15) is 11.5 Å². The van der Waals surface area contributed by atoms with Gasteiger partial charge in [0, 0.05) is 0 Å². The van der Waals surface area contributed by atoms with Crippen LogP contribution in [0.4, 0.5) is 0 Å². The van der Waals surface area contributed by atoms with Crippen molar-refractivity contribution in [3.8, 4) is 11.5 Å². The molecule has 0 fully saturated rings. The monoisotopic (exact) mass is 223 g/mol. The van der Waals surface area contributed by atoms with Gasteiger partial charge in [-0.1, -0.05) is 6.92 Å². The van der Waals surface area contributed by atoms with Gasteiger partial charge >= 0.3 is 0 Å². The molecule has 2 N–H and O–H groups in total. The van der Waals surface area contributed by atoms with Crippen LogP contribution >= 0.6 is 0 Å². The summed E-state index contributed by atoms with van der Waals surface area (Å²) in [5.74, 6) is 1.76. The van der Waals surface area contributed by atoms with Gasteiger partial charge in [-0.05, 0) is 50.1 Å². The summed E-state index contributed by atoms with van der Waals surface area (Å²) in [6.07, 6.45) is 2.03. The van der Waals surface area contributed by atoms with Crippen molar-refractivity contribution in [2.75, 3.05) is 13.7 Å². The Bertz CT molecular complexity index is 326. The molecule has 0 heterocycles. The Kier molecular flexibility index (Phi) is 5.12. The maximum absolute atomic E-state index is 5.84. The number of hydrogen-bond acceptors (Lipinski definition) is 3. The Labute approximate surface area is 97.6 Å². The molecule has 1 unspecified atom stereocenters. The second-order valence-electron chi connectivity index (χ2n) is 3.85. The summed E-state index contributed by atoms with van der Waals surface area (Å²) in [5, 5.41) is 0. The van der Waals surface area contributed by atoms with Gasteiger partial charge in [0.15, 0.2) is 0 Å². The molecule has 0 saturated carbocycles. The van der Waals surface area contributed by atoms with E-state index in [-0.39, 0.29) is 6.10 Å². The highest BCUT2D eigenvalue weighted by Gasteiger charge is 2.08. The Hall–Kier alpha value is -1.22. The molecule has 0 saturated heterocycles. The molecule has 0 amide bonds. The molecule has 3 nitrogen and oxygen atoms in total. The third-order valence-electron chi connectivity index (χ3n) is 2.58. The van der Waals surface area contributed by atoms with Gasteiger partial charge in [0.2, 0.25) is 0 Å². The fraction of sp³-hybridized carbons (Fsp3) is 0.538. The summed E-state index contributed by atoms with van der Waals surface area (Å²) in [6, 6.07) is 5.86. The molecular weight excluding hydrogens is 202 g/mol. The van der Waals surface area contributed by atoms with Crippen LogP contribution in [0.1, 0.15) is 25.8 Å². The van der Waals surface area contributed by atoms with E-state index in [0.29, 0.717) is 6.54 Å². The Morgan fingerprint density at radius 2 is 2.12 bits per heavy atom. The van der Waals surface area contributed by atoms with Crippen molar-refractivity contribution in [2.45, 2.75) is 32.8 Å². The summed E-state index contributed by atoms with van der Waals surface area (Å²) >= 11 is 0. The van der Waals surface area contributed by atoms with Crippen molar-refractivity contribution >= 4 is 0 Å². The van der Waals surface area contributed by atoms with Crippen LogP contribution in [0, 0.1) is 0 Å². The van der Waals surface area contributed by atoms with Gasteiger partial charge in [-0.15, -0.1) is 0 Å². The van der Waals surface area contributed by atoms with Crippen molar-refractivity contribution in [1.29, 1.82) is 0 Å². The van der Waals surface area contributed by atoms with Crippen molar-refractivity contribution in [1.82, 2.24) is 0 Å². The first-order valence-electron chi connectivity index (χ1n) is 5.74. The molecule has 1 rings (SSSR count). The molecule has 0 aliphatic rings. The summed E-state index contributed by atoms with van der Waals surface area (Å²) in [4.78, 5) is 0. The van der Waals surface area contributed by atoms with E-state index in [4.69, 9.17) is 15.2 Å². The topological polar surface area (TPSA) is 44.5 Å². The fourth-order valence-electron chi connectivity index (χ4n) is 1.45. The lowest BCUT2D eigenvalue weighted by Gasteiger charge is -2.16. The second kappa shape index (κ2) is 6.38. The number of hydrogen-bond donors (Lipinski definition) is 1. The molecule has 1 aromatic rings. The zero-order chi connectivity index (χ0) is 12.0. The van der Waals surface area contributed by atoms with E-state index in [9.17, 15) is 0 Å². The number of ether oxygens (including phenoxy) is 2.